The SMILES string of the molecule is Nc1ncnc2onc(-c3ccc(NC(=O)Nc4cccc(Cl)c4)cc3)c12. The summed E-state index contributed by atoms with van der Waals surface area (Å²) in [6.45, 7) is 0. The van der Waals surface area contributed by atoms with Crippen molar-refractivity contribution in [3.8, 4) is 11.3 Å². The number of aromatic nitrogens is 3. The molecule has 0 atom stereocenters. The summed E-state index contributed by atoms with van der Waals surface area (Å²) in [5, 5.41) is 10.6. The maximum absolute atomic E-state index is 12.1. The van der Waals surface area contributed by atoms with Crippen LogP contribution >= 0.6 is 11.6 Å². The smallest absolute Gasteiger partial charge is 0.323 e. The van der Waals surface area contributed by atoms with Gasteiger partial charge in [0.1, 0.15) is 23.2 Å². The minimum atomic E-state index is -0.380. The summed E-state index contributed by atoms with van der Waals surface area (Å²) in [5.74, 6) is 0.291. The highest BCUT2D eigenvalue weighted by molar-refractivity contribution is 6.30. The zero-order chi connectivity index (χ0) is 18.8. The van der Waals surface area contributed by atoms with E-state index in [4.69, 9.17) is 21.9 Å². The zero-order valence-corrected chi connectivity index (χ0v) is 14.6. The van der Waals surface area contributed by atoms with Gasteiger partial charge < -0.3 is 20.9 Å². The van der Waals surface area contributed by atoms with Gasteiger partial charge in [0, 0.05) is 22.0 Å². The molecule has 2 heterocycles. The van der Waals surface area contributed by atoms with Crippen molar-refractivity contribution in [2.45, 2.75) is 0 Å². The maximum atomic E-state index is 12.1. The van der Waals surface area contributed by atoms with Gasteiger partial charge >= 0.3 is 6.03 Å². The van der Waals surface area contributed by atoms with E-state index in [0.717, 1.165) is 5.56 Å². The fraction of sp³-hybridized carbons (Fsp3) is 0. The molecule has 9 heteroatoms. The first-order valence-electron chi connectivity index (χ1n) is 7.90. The number of rotatable bonds is 3. The number of nitrogens with one attached hydrogen (secondary N) is 2. The number of halogens is 1. The molecule has 0 aliphatic rings. The Hall–Kier alpha value is -3.65. The quantitative estimate of drug-likeness (QED) is 0.491. The molecule has 0 radical (unpaired) electrons. The van der Waals surface area contributed by atoms with E-state index in [-0.39, 0.29) is 6.03 Å². The summed E-state index contributed by atoms with van der Waals surface area (Å²) < 4.78 is 5.18. The second-order valence-electron chi connectivity index (χ2n) is 5.64. The Labute approximate surface area is 158 Å². The number of hydrogen-bond acceptors (Lipinski definition) is 6. The van der Waals surface area contributed by atoms with Crippen molar-refractivity contribution in [1.82, 2.24) is 15.1 Å². The molecule has 0 fully saturated rings. The normalized spacial score (nSPS) is 10.7. The van der Waals surface area contributed by atoms with Crippen molar-refractivity contribution in [1.29, 1.82) is 0 Å². The molecule has 0 aliphatic carbocycles. The predicted molar refractivity (Wildman–Crippen MR) is 104 cm³/mol. The van der Waals surface area contributed by atoms with Crippen LogP contribution in [-0.4, -0.2) is 21.2 Å². The molecule has 134 valence electrons. The fourth-order valence-electron chi connectivity index (χ4n) is 2.58. The first-order chi connectivity index (χ1) is 13.1. The lowest BCUT2D eigenvalue weighted by atomic mass is 10.1. The third-order valence-electron chi connectivity index (χ3n) is 3.80. The van der Waals surface area contributed by atoms with E-state index in [1.807, 2.05) is 0 Å². The van der Waals surface area contributed by atoms with Gasteiger partial charge in [0.15, 0.2) is 0 Å². The van der Waals surface area contributed by atoms with Crippen LogP contribution in [0.25, 0.3) is 22.4 Å². The van der Waals surface area contributed by atoms with Gasteiger partial charge in [-0.3, -0.25) is 0 Å². The summed E-state index contributed by atoms with van der Waals surface area (Å²) in [6, 6.07) is 13.6. The third kappa shape index (κ3) is 3.51. The van der Waals surface area contributed by atoms with E-state index in [9.17, 15) is 4.79 Å². The van der Waals surface area contributed by atoms with Crippen molar-refractivity contribution in [2.24, 2.45) is 0 Å². The van der Waals surface area contributed by atoms with Gasteiger partial charge in [0.25, 0.3) is 5.71 Å². The molecule has 0 spiro atoms. The Morgan fingerprint density at radius 3 is 2.59 bits per heavy atom. The van der Waals surface area contributed by atoms with E-state index in [1.165, 1.54) is 6.33 Å². The molecule has 8 nitrogen and oxygen atoms in total. The molecule has 0 saturated heterocycles. The standard InChI is InChI=1S/C18H13ClN6O2/c19-11-2-1-3-13(8-11)24-18(26)23-12-6-4-10(5-7-12)15-14-16(20)21-9-22-17(14)27-25-15/h1-9H,(H2,20,21,22)(H2,23,24,26). The summed E-state index contributed by atoms with van der Waals surface area (Å²) in [7, 11) is 0. The van der Waals surface area contributed by atoms with Crippen molar-refractivity contribution in [2.75, 3.05) is 16.4 Å². The van der Waals surface area contributed by atoms with Gasteiger partial charge in [-0.1, -0.05) is 35.0 Å². The number of urea groups is 1. The minimum absolute atomic E-state index is 0.291. The topological polar surface area (TPSA) is 119 Å². The van der Waals surface area contributed by atoms with Crippen LogP contribution in [0.2, 0.25) is 5.02 Å². The van der Waals surface area contributed by atoms with Crippen molar-refractivity contribution in [3.05, 3.63) is 59.9 Å². The van der Waals surface area contributed by atoms with Gasteiger partial charge in [-0.25, -0.2) is 9.78 Å². The molecular formula is C18H13ClN6O2. The number of hydrogen-bond donors (Lipinski definition) is 3. The number of nitrogens with zero attached hydrogens (tertiary/aromatic N) is 3. The number of benzene rings is 2. The number of carbonyl (C=O) groups excluding carboxylic acids is 1. The van der Waals surface area contributed by atoms with Crippen LogP contribution in [0.1, 0.15) is 0 Å². The van der Waals surface area contributed by atoms with E-state index in [2.05, 4.69) is 25.8 Å². The number of fused-ring (bicyclic) bond motifs is 1. The molecule has 0 saturated carbocycles. The van der Waals surface area contributed by atoms with Crippen LogP contribution < -0.4 is 16.4 Å². The molecular weight excluding hydrogens is 368 g/mol. The monoisotopic (exact) mass is 380 g/mol. The molecule has 4 N–H and O–H groups in total. The summed E-state index contributed by atoms with van der Waals surface area (Å²) in [6.07, 6.45) is 1.32. The average molecular weight is 381 g/mol. The summed E-state index contributed by atoms with van der Waals surface area (Å²) in [5.41, 5.74) is 8.72. The van der Waals surface area contributed by atoms with Gasteiger partial charge in [-0.15, -0.1) is 0 Å². The molecule has 4 aromatic rings. The van der Waals surface area contributed by atoms with Crippen LogP contribution in [0.4, 0.5) is 22.0 Å². The highest BCUT2D eigenvalue weighted by atomic mass is 35.5. The molecule has 2 amide bonds. The van der Waals surface area contributed by atoms with Crippen LogP contribution in [-0.2, 0) is 0 Å². The Morgan fingerprint density at radius 1 is 1.04 bits per heavy atom. The minimum Gasteiger partial charge on any atom is -0.383 e. The molecule has 0 unspecified atom stereocenters. The van der Waals surface area contributed by atoms with Crippen LogP contribution in [0, 0.1) is 0 Å². The molecule has 0 aliphatic heterocycles. The second-order valence-corrected chi connectivity index (χ2v) is 6.07. The largest absolute Gasteiger partial charge is 0.383 e. The highest BCUT2D eigenvalue weighted by Crippen LogP contribution is 2.30. The lowest BCUT2D eigenvalue weighted by Gasteiger charge is -2.08. The zero-order valence-electron chi connectivity index (χ0n) is 13.8. The third-order valence-corrected chi connectivity index (χ3v) is 4.04. The van der Waals surface area contributed by atoms with E-state index >= 15 is 0 Å². The van der Waals surface area contributed by atoms with Gasteiger partial charge in [0.2, 0.25) is 0 Å². The number of nitrogens with two attached hydrogens (primary N) is 1. The Morgan fingerprint density at radius 2 is 1.81 bits per heavy atom. The first kappa shape index (κ1) is 16.8. The van der Waals surface area contributed by atoms with Gasteiger partial charge in [0.05, 0.1) is 0 Å². The van der Waals surface area contributed by atoms with Crippen LogP contribution in [0.3, 0.4) is 0 Å². The number of nitrogen functional groups attached to an aromatic ring is 1. The Kier molecular flexibility index (Phi) is 4.31. The predicted octanol–water partition coefficient (Wildman–Crippen LogP) is 4.16. The van der Waals surface area contributed by atoms with E-state index in [1.54, 1.807) is 48.5 Å². The first-order valence-corrected chi connectivity index (χ1v) is 8.28. The number of anilines is 3. The van der Waals surface area contributed by atoms with Gasteiger partial charge in [-0.2, -0.15) is 4.98 Å². The second kappa shape index (κ2) is 6.93. The summed E-state index contributed by atoms with van der Waals surface area (Å²) >= 11 is 5.90. The lowest BCUT2D eigenvalue weighted by molar-refractivity contribution is 0.262. The number of carbonyl (C=O) groups is 1. The van der Waals surface area contributed by atoms with Crippen LogP contribution in [0.15, 0.2) is 59.4 Å². The molecule has 27 heavy (non-hydrogen) atoms. The molecule has 4 rings (SSSR count). The Bertz CT molecular complexity index is 1130. The van der Waals surface area contributed by atoms with Crippen LogP contribution in [0.5, 0.6) is 0 Å². The summed E-state index contributed by atoms with van der Waals surface area (Å²) in [4.78, 5) is 20.1. The molecule has 0 bridgehead atoms. The number of amides is 2. The molecule has 2 aromatic carbocycles. The van der Waals surface area contributed by atoms with Crippen molar-refractivity contribution in [3.63, 3.8) is 0 Å². The Balaban J connectivity index is 1.51. The fourth-order valence-corrected chi connectivity index (χ4v) is 2.77. The highest BCUT2D eigenvalue weighted by Gasteiger charge is 2.15. The van der Waals surface area contributed by atoms with E-state index < -0.39 is 0 Å². The lowest BCUT2D eigenvalue weighted by Crippen LogP contribution is -2.19. The van der Waals surface area contributed by atoms with Crippen molar-refractivity contribution >= 4 is 45.9 Å². The van der Waals surface area contributed by atoms with E-state index in [0.29, 0.717) is 39.0 Å². The average Bonchev–Trinajstić information content (AvgIpc) is 3.08. The maximum Gasteiger partial charge on any atom is 0.323 e. The van der Waals surface area contributed by atoms with Gasteiger partial charge in [-0.05, 0) is 30.3 Å². The molecule has 2 aromatic heterocycles. The van der Waals surface area contributed by atoms with Crippen molar-refractivity contribution < 1.29 is 9.32 Å².